The smallest absolute Gasteiger partial charge is 0.271 e. The number of nitrogens with zero attached hydrogens (tertiary/aromatic N) is 3. The molecule has 1 atom stereocenters. The van der Waals surface area contributed by atoms with Gasteiger partial charge >= 0.3 is 0 Å². The van der Waals surface area contributed by atoms with Gasteiger partial charge in [-0.1, -0.05) is 48.5 Å². The van der Waals surface area contributed by atoms with Crippen LogP contribution in [-0.4, -0.2) is 55.9 Å². The maximum absolute atomic E-state index is 13.9. The Morgan fingerprint density at radius 3 is 2.23 bits per heavy atom. The summed E-state index contributed by atoms with van der Waals surface area (Å²) in [5.41, 5.74) is 1.31. The van der Waals surface area contributed by atoms with Crippen molar-refractivity contribution >= 4 is 33.2 Å². The number of hydrogen-bond acceptors (Lipinski definition) is 6. The zero-order valence-electron chi connectivity index (χ0n) is 21.7. The second kappa shape index (κ2) is 12.5. The van der Waals surface area contributed by atoms with E-state index in [1.54, 1.807) is 31.2 Å². The van der Waals surface area contributed by atoms with Crippen LogP contribution in [-0.2, 0) is 32.6 Å². The normalized spacial score (nSPS) is 11.9. The van der Waals surface area contributed by atoms with Crippen molar-refractivity contribution in [2.75, 3.05) is 24.2 Å². The second-order valence-electron chi connectivity index (χ2n) is 8.97. The first-order valence-electron chi connectivity index (χ1n) is 11.9. The summed E-state index contributed by atoms with van der Waals surface area (Å²) in [6.45, 7) is 0.737. The highest BCUT2D eigenvalue weighted by molar-refractivity contribution is 7.92. The van der Waals surface area contributed by atoms with E-state index in [0.717, 1.165) is 22.2 Å². The van der Waals surface area contributed by atoms with Crippen LogP contribution >= 0.6 is 0 Å². The SMILES string of the molecule is CNC(=O)[C@@H](Cc1ccccc1)N(Cc1ccc(F)cc1)C(=O)CN(c1cc([N+](=O)[O-])ccc1C)S(C)(=O)=O. The van der Waals surface area contributed by atoms with Crippen LogP contribution in [0.5, 0.6) is 0 Å². The summed E-state index contributed by atoms with van der Waals surface area (Å²) < 4.78 is 40.0. The van der Waals surface area contributed by atoms with E-state index in [1.165, 1.54) is 48.3 Å². The molecule has 12 heteroatoms. The molecule has 0 aromatic heterocycles. The van der Waals surface area contributed by atoms with Gasteiger partial charge in [0.25, 0.3) is 5.69 Å². The Morgan fingerprint density at radius 1 is 1.03 bits per heavy atom. The number of halogens is 1. The summed E-state index contributed by atoms with van der Waals surface area (Å²) in [6, 6.07) is 17.1. The summed E-state index contributed by atoms with van der Waals surface area (Å²) >= 11 is 0. The van der Waals surface area contributed by atoms with Crippen LogP contribution < -0.4 is 9.62 Å². The van der Waals surface area contributed by atoms with E-state index < -0.39 is 45.2 Å². The van der Waals surface area contributed by atoms with Gasteiger partial charge in [0, 0.05) is 32.1 Å². The first kappa shape index (κ1) is 29.2. The molecular formula is C27H29FN4O6S. The van der Waals surface area contributed by atoms with Gasteiger partial charge in [-0.15, -0.1) is 0 Å². The lowest BCUT2D eigenvalue weighted by Gasteiger charge is -2.33. The fraction of sp³-hybridized carbons (Fsp3) is 0.259. The lowest BCUT2D eigenvalue weighted by Crippen LogP contribution is -2.53. The molecule has 0 aliphatic heterocycles. The van der Waals surface area contributed by atoms with Gasteiger partial charge in [-0.25, -0.2) is 12.8 Å². The number of carbonyl (C=O) groups excluding carboxylic acids is 2. The average Bonchev–Trinajstić information content (AvgIpc) is 2.90. The molecule has 3 aromatic rings. The number of aryl methyl sites for hydroxylation is 1. The molecular weight excluding hydrogens is 527 g/mol. The van der Waals surface area contributed by atoms with Crippen LogP contribution in [0.25, 0.3) is 0 Å². The number of nitro benzene ring substituents is 1. The first-order chi connectivity index (χ1) is 18.4. The van der Waals surface area contributed by atoms with Gasteiger partial charge in [0.15, 0.2) is 0 Å². The minimum Gasteiger partial charge on any atom is -0.357 e. The van der Waals surface area contributed by atoms with Crippen molar-refractivity contribution in [1.29, 1.82) is 0 Å². The Kier molecular flexibility index (Phi) is 9.36. The minimum atomic E-state index is -4.09. The summed E-state index contributed by atoms with van der Waals surface area (Å²) in [4.78, 5) is 38.9. The largest absolute Gasteiger partial charge is 0.357 e. The van der Waals surface area contributed by atoms with Gasteiger partial charge < -0.3 is 10.2 Å². The molecule has 0 unspecified atom stereocenters. The summed E-state index contributed by atoms with van der Waals surface area (Å²) in [7, 11) is -2.66. The summed E-state index contributed by atoms with van der Waals surface area (Å²) in [5, 5.41) is 13.9. The Hall–Kier alpha value is -4.32. The van der Waals surface area contributed by atoms with Gasteiger partial charge in [-0.3, -0.25) is 24.0 Å². The van der Waals surface area contributed by atoms with Crippen molar-refractivity contribution in [1.82, 2.24) is 10.2 Å². The molecule has 39 heavy (non-hydrogen) atoms. The number of carbonyl (C=O) groups is 2. The van der Waals surface area contributed by atoms with Gasteiger partial charge in [0.05, 0.1) is 16.9 Å². The maximum Gasteiger partial charge on any atom is 0.271 e. The molecule has 2 amide bonds. The standard InChI is InChI=1S/C27H29FN4O6S/c1-19-9-14-23(32(35)36)16-24(19)31(39(3,37)38)18-26(33)30(17-21-10-12-22(28)13-11-21)25(27(34)29-2)15-20-7-5-4-6-8-20/h4-14,16,25H,15,17-18H2,1-3H3,(H,29,34)/t25-/m1/s1. The molecule has 0 aliphatic rings. The highest BCUT2D eigenvalue weighted by Crippen LogP contribution is 2.28. The Morgan fingerprint density at radius 2 is 1.67 bits per heavy atom. The van der Waals surface area contributed by atoms with E-state index in [9.17, 15) is 32.5 Å². The minimum absolute atomic E-state index is 0.0265. The van der Waals surface area contributed by atoms with E-state index in [-0.39, 0.29) is 24.3 Å². The fourth-order valence-electron chi connectivity index (χ4n) is 4.08. The van der Waals surface area contributed by atoms with Gasteiger partial charge in [0.2, 0.25) is 21.8 Å². The van der Waals surface area contributed by atoms with Crippen LogP contribution in [0.3, 0.4) is 0 Å². The van der Waals surface area contributed by atoms with E-state index >= 15 is 0 Å². The average molecular weight is 557 g/mol. The van der Waals surface area contributed by atoms with Crippen molar-refractivity contribution in [3.05, 3.63) is 105 Å². The monoisotopic (exact) mass is 556 g/mol. The zero-order chi connectivity index (χ0) is 28.7. The first-order valence-corrected chi connectivity index (χ1v) is 13.8. The van der Waals surface area contributed by atoms with Crippen molar-refractivity contribution < 1.29 is 27.3 Å². The molecule has 0 radical (unpaired) electrons. The number of sulfonamides is 1. The van der Waals surface area contributed by atoms with Gasteiger partial charge in [-0.05, 0) is 35.7 Å². The predicted octanol–water partition coefficient (Wildman–Crippen LogP) is 3.19. The molecule has 0 bridgehead atoms. The number of nitro groups is 1. The quantitative estimate of drug-likeness (QED) is 0.285. The van der Waals surface area contributed by atoms with Gasteiger partial charge in [-0.2, -0.15) is 0 Å². The number of rotatable bonds is 11. The topological polar surface area (TPSA) is 130 Å². The maximum atomic E-state index is 13.9. The number of likely N-dealkylation sites (N-methyl/N-ethyl adjacent to an activating group) is 1. The molecule has 3 aromatic carbocycles. The van der Waals surface area contributed by atoms with Crippen molar-refractivity contribution in [2.24, 2.45) is 0 Å². The Labute approximate surface area is 226 Å². The molecule has 0 saturated heterocycles. The molecule has 3 rings (SSSR count). The third-order valence-electron chi connectivity index (χ3n) is 6.14. The Balaban J connectivity index is 2.07. The third kappa shape index (κ3) is 7.60. The highest BCUT2D eigenvalue weighted by Gasteiger charge is 2.33. The molecule has 0 fully saturated rings. The number of non-ortho nitro benzene ring substituents is 1. The van der Waals surface area contributed by atoms with Gasteiger partial charge in [0.1, 0.15) is 18.4 Å². The zero-order valence-corrected chi connectivity index (χ0v) is 22.5. The molecule has 0 spiro atoms. The van der Waals surface area contributed by atoms with Crippen molar-refractivity contribution in [2.45, 2.75) is 25.9 Å². The summed E-state index contributed by atoms with van der Waals surface area (Å²) in [6.07, 6.45) is 1.02. The van der Waals surface area contributed by atoms with Crippen LogP contribution in [0.1, 0.15) is 16.7 Å². The van der Waals surface area contributed by atoms with E-state index in [1.807, 2.05) is 6.07 Å². The van der Waals surface area contributed by atoms with Crippen LogP contribution in [0.15, 0.2) is 72.8 Å². The molecule has 10 nitrogen and oxygen atoms in total. The lowest BCUT2D eigenvalue weighted by molar-refractivity contribution is -0.384. The van der Waals surface area contributed by atoms with E-state index in [0.29, 0.717) is 11.1 Å². The van der Waals surface area contributed by atoms with Crippen LogP contribution in [0.4, 0.5) is 15.8 Å². The molecule has 0 saturated carbocycles. The molecule has 0 aliphatic carbocycles. The van der Waals surface area contributed by atoms with E-state index in [2.05, 4.69) is 5.32 Å². The predicted molar refractivity (Wildman–Crippen MR) is 145 cm³/mol. The number of amides is 2. The van der Waals surface area contributed by atoms with E-state index in [4.69, 9.17) is 0 Å². The van der Waals surface area contributed by atoms with Crippen LogP contribution in [0, 0.1) is 22.9 Å². The Bertz CT molecular complexity index is 1450. The van der Waals surface area contributed by atoms with Crippen molar-refractivity contribution in [3.63, 3.8) is 0 Å². The molecule has 1 N–H and O–H groups in total. The number of hydrogen-bond donors (Lipinski definition) is 1. The lowest BCUT2D eigenvalue weighted by atomic mass is 10.0. The second-order valence-corrected chi connectivity index (χ2v) is 10.9. The van der Waals surface area contributed by atoms with Crippen LogP contribution in [0.2, 0.25) is 0 Å². The number of anilines is 1. The molecule has 206 valence electrons. The summed E-state index contributed by atoms with van der Waals surface area (Å²) in [5.74, 6) is -1.68. The fourth-order valence-corrected chi connectivity index (χ4v) is 4.98. The number of benzene rings is 3. The van der Waals surface area contributed by atoms with Crippen molar-refractivity contribution in [3.8, 4) is 0 Å². The molecule has 0 heterocycles. The number of nitrogens with one attached hydrogen (secondary N) is 1. The highest BCUT2D eigenvalue weighted by atomic mass is 32.2. The third-order valence-corrected chi connectivity index (χ3v) is 7.26.